The number of benzene rings is 1. The van der Waals surface area contributed by atoms with Crippen LogP contribution in [0.2, 0.25) is 0 Å². The van der Waals surface area contributed by atoms with Crippen LogP contribution in [0.1, 0.15) is 45.6 Å². The average molecular weight is 384 g/mol. The molecule has 2 atom stereocenters. The number of hydrogen-bond acceptors (Lipinski definition) is 4. The van der Waals surface area contributed by atoms with Gasteiger partial charge in [0.05, 0.1) is 24.6 Å². The summed E-state index contributed by atoms with van der Waals surface area (Å²) in [5.41, 5.74) is 1.60. The summed E-state index contributed by atoms with van der Waals surface area (Å²) in [7, 11) is 1.55. The third kappa shape index (κ3) is 3.96. The SMILES string of the molecule is COc1ccc(C(C)(C)C)cc1NC(=O)CCN1C(=O)[C@@H]2CC=CC[C@H]2C1=O. The van der Waals surface area contributed by atoms with E-state index in [-0.39, 0.29) is 47.9 Å². The molecule has 28 heavy (non-hydrogen) atoms. The van der Waals surface area contributed by atoms with Gasteiger partial charge in [-0.2, -0.15) is 0 Å². The van der Waals surface area contributed by atoms with Crippen molar-refractivity contribution in [1.29, 1.82) is 0 Å². The van der Waals surface area contributed by atoms with Gasteiger partial charge >= 0.3 is 0 Å². The fraction of sp³-hybridized carbons (Fsp3) is 0.500. The number of rotatable bonds is 5. The maximum absolute atomic E-state index is 12.5. The van der Waals surface area contributed by atoms with Gasteiger partial charge < -0.3 is 10.1 Å². The van der Waals surface area contributed by atoms with Crippen molar-refractivity contribution in [2.24, 2.45) is 11.8 Å². The van der Waals surface area contributed by atoms with Crippen LogP contribution >= 0.6 is 0 Å². The van der Waals surface area contributed by atoms with E-state index in [9.17, 15) is 14.4 Å². The third-order valence-corrected chi connectivity index (χ3v) is 5.50. The van der Waals surface area contributed by atoms with Gasteiger partial charge in [-0.25, -0.2) is 0 Å². The Bertz CT molecular complexity index is 796. The van der Waals surface area contributed by atoms with Crippen LogP contribution < -0.4 is 10.1 Å². The summed E-state index contributed by atoms with van der Waals surface area (Å²) in [5, 5.41) is 2.86. The minimum absolute atomic E-state index is 0.0627. The monoisotopic (exact) mass is 384 g/mol. The molecule has 0 saturated carbocycles. The quantitative estimate of drug-likeness (QED) is 0.624. The zero-order valence-corrected chi connectivity index (χ0v) is 17.0. The topological polar surface area (TPSA) is 75.7 Å². The maximum Gasteiger partial charge on any atom is 0.233 e. The molecule has 2 aliphatic rings. The molecule has 3 rings (SSSR count). The molecule has 0 bridgehead atoms. The molecule has 1 aromatic rings. The van der Waals surface area contributed by atoms with Crippen molar-refractivity contribution in [3.63, 3.8) is 0 Å². The molecule has 3 amide bonds. The number of carbonyl (C=O) groups excluding carboxylic acids is 3. The number of carbonyl (C=O) groups is 3. The van der Waals surface area contributed by atoms with Crippen LogP contribution in [0.3, 0.4) is 0 Å². The summed E-state index contributed by atoms with van der Waals surface area (Å²) in [6.45, 7) is 6.40. The number of anilines is 1. The summed E-state index contributed by atoms with van der Waals surface area (Å²) in [6, 6.07) is 5.72. The number of methoxy groups -OCH3 is 1. The van der Waals surface area contributed by atoms with Crippen LogP contribution in [-0.2, 0) is 19.8 Å². The minimum atomic E-state index is -0.260. The Balaban J connectivity index is 1.65. The van der Waals surface area contributed by atoms with E-state index in [0.717, 1.165) is 5.56 Å². The van der Waals surface area contributed by atoms with Gasteiger partial charge in [0.1, 0.15) is 5.75 Å². The number of likely N-dealkylation sites (tertiary alicyclic amines) is 1. The lowest BCUT2D eigenvalue weighted by molar-refractivity contribution is -0.140. The fourth-order valence-corrected chi connectivity index (χ4v) is 3.79. The molecule has 0 unspecified atom stereocenters. The Morgan fingerprint density at radius 2 is 1.75 bits per heavy atom. The summed E-state index contributed by atoms with van der Waals surface area (Å²) >= 11 is 0. The van der Waals surface area contributed by atoms with Crippen molar-refractivity contribution in [3.05, 3.63) is 35.9 Å². The standard InChI is InChI=1S/C22H28N2O4/c1-22(2,3)14-9-10-18(28-4)17(13-14)23-19(25)11-12-24-20(26)15-7-5-6-8-16(15)21(24)27/h5-6,9-10,13,15-16H,7-8,11-12H2,1-4H3,(H,23,25)/t15-,16-/m1/s1. The molecule has 1 N–H and O–H groups in total. The number of amides is 3. The maximum atomic E-state index is 12.5. The van der Waals surface area contributed by atoms with Crippen LogP contribution in [0, 0.1) is 11.8 Å². The third-order valence-electron chi connectivity index (χ3n) is 5.50. The molecule has 1 fully saturated rings. The zero-order chi connectivity index (χ0) is 20.5. The molecule has 6 heteroatoms. The first-order valence-corrected chi connectivity index (χ1v) is 9.71. The second kappa shape index (κ2) is 7.78. The highest BCUT2D eigenvalue weighted by atomic mass is 16.5. The number of ether oxygens (including phenoxy) is 1. The van der Waals surface area contributed by atoms with Crippen LogP contribution in [0.5, 0.6) is 5.75 Å². The van der Waals surface area contributed by atoms with Crippen LogP contribution in [0.25, 0.3) is 0 Å². The van der Waals surface area contributed by atoms with Gasteiger partial charge in [-0.1, -0.05) is 39.0 Å². The normalized spacial score (nSPS) is 21.6. The second-order valence-corrected chi connectivity index (χ2v) is 8.45. The van der Waals surface area contributed by atoms with Gasteiger partial charge in [-0.3, -0.25) is 19.3 Å². The lowest BCUT2D eigenvalue weighted by Gasteiger charge is -2.21. The number of imide groups is 1. The summed E-state index contributed by atoms with van der Waals surface area (Å²) < 4.78 is 5.35. The first kappa shape index (κ1) is 20.1. The molecular formula is C22H28N2O4. The average Bonchev–Trinajstić information content (AvgIpc) is 2.90. The largest absolute Gasteiger partial charge is 0.495 e. The van der Waals surface area contributed by atoms with E-state index < -0.39 is 0 Å². The summed E-state index contributed by atoms with van der Waals surface area (Å²) in [4.78, 5) is 38.7. The van der Waals surface area contributed by atoms with E-state index >= 15 is 0 Å². The lowest BCUT2D eigenvalue weighted by Crippen LogP contribution is -2.34. The predicted octanol–water partition coefficient (Wildman–Crippen LogP) is 3.27. The zero-order valence-electron chi connectivity index (χ0n) is 17.0. The number of allylic oxidation sites excluding steroid dienone is 2. The van der Waals surface area contributed by atoms with Crippen molar-refractivity contribution >= 4 is 23.4 Å². The Labute approximate surface area is 165 Å². The van der Waals surface area contributed by atoms with Crippen LogP contribution in [0.4, 0.5) is 5.69 Å². The fourth-order valence-electron chi connectivity index (χ4n) is 3.79. The van der Waals surface area contributed by atoms with Gasteiger partial charge in [0.25, 0.3) is 0 Å². The number of nitrogens with one attached hydrogen (secondary N) is 1. The Morgan fingerprint density at radius 1 is 1.14 bits per heavy atom. The molecule has 0 aromatic heterocycles. The molecule has 0 radical (unpaired) electrons. The lowest BCUT2D eigenvalue weighted by atomic mass is 9.85. The molecule has 1 aromatic carbocycles. The van der Waals surface area contributed by atoms with Crippen molar-refractivity contribution in [1.82, 2.24) is 4.90 Å². The Hall–Kier alpha value is -2.63. The van der Waals surface area contributed by atoms with E-state index in [4.69, 9.17) is 4.74 Å². The predicted molar refractivity (Wildman–Crippen MR) is 107 cm³/mol. The van der Waals surface area contributed by atoms with Gasteiger partial charge in [-0.05, 0) is 36.0 Å². The molecule has 0 spiro atoms. The molecule has 1 aliphatic heterocycles. The van der Waals surface area contributed by atoms with Crippen molar-refractivity contribution in [2.45, 2.75) is 45.4 Å². The number of hydrogen-bond donors (Lipinski definition) is 1. The molecule has 1 aliphatic carbocycles. The van der Waals surface area contributed by atoms with Crippen molar-refractivity contribution < 1.29 is 19.1 Å². The minimum Gasteiger partial charge on any atom is -0.495 e. The Kier molecular flexibility index (Phi) is 5.59. The molecule has 6 nitrogen and oxygen atoms in total. The first-order chi connectivity index (χ1) is 13.2. The van der Waals surface area contributed by atoms with E-state index in [2.05, 4.69) is 26.1 Å². The Morgan fingerprint density at radius 3 is 2.29 bits per heavy atom. The van der Waals surface area contributed by atoms with Crippen molar-refractivity contribution in [2.75, 3.05) is 19.0 Å². The summed E-state index contributed by atoms with van der Waals surface area (Å²) in [6.07, 6.45) is 5.19. The van der Waals surface area contributed by atoms with Gasteiger partial charge in [0, 0.05) is 13.0 Å². The first-order valence-electron chi connectivity index (χ1n) is 9.71. The summed E-state index contributed by atoms with van der Waals surface area (Å²) in [5.74, 6) is -0.503. The van der Waals surface area contributed by atoms with E-state index in [1.807, 2.05) is 30.4 Å². The van der Waals surface area contributed by atoms with Crippen LogP contribution in [-0.4, -0.2) is 36.3 Å². The van der Waals surface area contributed by atoms with Gasteiger partial charge in [0.15, 0.2) is 0 Å². The molecular weight excluding hydrogens is 356 g/mol. The highest BCUT2D eigenvalue weighted by Crippen LogP contribution is 2.35. The van der Waals surface area contributed by atoms with Crippen LogP contribution in [0.15, 0.2) is 30.4 Å². The highest BCUT2D eigenvalue weighted by molar-refractivity contribution is 6.06. The highest BCUT2D eigenvalue weighted by Gasteiger charge is 2.46. The number of fused-ring (bicyclic) bond motifs is 1. The van der Waals surface area contributed by atoms with E-state index in [0.29, 0.717) is 24.3 Å². The number of nitrogens with zero attached hydrogens (tertiary/aromatic N) is 1. The van der Waals surface area contributed by atoms with E-state index in [1.54, 1.807) is 7.11 Å². The molecule has 1 saturated heterocycles. The molecule has 1 heterocycles. The van der Waals surface area contributed by atoms with Gasteiger partial charge in [0.2, 0.25) is 17.7 Å². The smallest absolute Gasteiger partial charge is 0.233 e. The van der Waals surface area contributed by atoms with Gasteiger partial charge in [-0.15, -0.1) is 0 Å². The van der Waals surface area contributed by atoms with Crippen molar-refractivity contribution in [3.8, 4) is 5.75 Å². The second-order valence-electron chi connectivity index (χ2n) is 8.45. The molecule has 150 valence electrons. The van der Waals surface area contributed by atoms with E-state index in [1.165, 1.54) is 4.90 Å².